The number of primary amides is 1. The van der Waals surface area contributed by atoms with Gasteiger partial charge in [0.25, 0.3) is 0 Å². The van der Waals surface area contributed by atoms with E-state index in [4.69, 9.17) is 28.9 Å². The van der Waals surface area contributed by atoms with E-state index in [0.29, 0.717) is 36.7 Å². The van der Waals surface area contributed by atoms with E-state index in [0.717, 1.165) is 16.9 Å². The highest BCUT2D eigenvalue weighted by Gasteiger charge is 2.10. The first-order chi connectivity index (χ1) is 9.11. The summed E-state index contributed by atoms with van der Waals surface area (Å²) in [5.41, 5.74) is 7.02. The highest BCUT2D eigenvalue weighted by molar-refractivity contribution is 6.31. The van der Waals surface area contributed by atoms with Crippen molar-refractivity contribution in [2.24, 2.45) is 5.73 Å². The number of alkyl halides is 1. The number of aromatic nitrogens is 2. The Morgan fingerprint density at radius 1 is 1.42 bits per heavy atom. The largest absolute Gasteiger partial charge is 0.370 e. The SMILES string of the molecule is NC(=O)CCCn1c(CCCl)nc2ccc(Cl)cc21. The van der Waals surface area contributed by atoms with Crippen molar-refractivity contribution < 1.29 is 4.79 Å². The van der Waals surface area contributed by atoms with Gasteiger partial charge < -0.3 is 10.3 Å². The second kappa shape index (κ2) is 6.26. The molecule has 0 radical (unpaired) electrons. The van der Waals surface area contributed by atoms with Crippen LogP contribution in [0.5, 0.6) is 0 Å². The van der Waals surface area contributed by atoms with E-state index in [1.807, 2.05) is 18.2 Å². The Labute approximate surface area is 121 Å². The molecule has 0 unspecified atom stereocenters. The number of fused-ring (bicyclic) bond motifs is 1. The first-order valence-electron chi connectivity index (χ1n) is 6.10. The van der Waals surface area contributed by atoms with E-state index >= 15 is 0 Å². The molecular weight excluding hydrogens is 285 g/mol. The lowest BCUT2D eigenvalue weighted by Crippen LogP contribution is -2.12. The molecule has 0 saturated heterocycles. The molecule has 4 nitrogen and oxygen atoms in total. The monoisotopic (exact) mass is 299 g/mol. The molecule has 0 aliphatic rings. The van der Waals surface area contributed by atoms with Gasteiger partial charge in [-0.15, -0.1) is 11.6 Å². The molecule has 102 valence electrons. The van der Waals surface area contributed by atoms with Crippen LogP contribution in [0.3, 0.4) is 0 Å². The first-order valence-corrected chi connectivity index (χ1v) is 7.02. The molecule has 0 atom stereocenters. The Morgan fingerprint density at radius 2 is 2.21 bits per heavy atom. The summed E-state index contributed by atoms with van der Waals surface area (Å²) >= 11 is 11.8. The first kappa shape index (κ1) is 14.2. The summed E-state index contributed by atoms with van der Waals surface area (Å²) in [6.07, 6.45) is 1.73. The van der Waals surface area contributed by atoms with Crippen LogP contribution in [0.2, 0.25) is 5.02 Å². The van der Waals surface area contributed by atoms with Gasteiger partial charge in [0.15, 0.2) is 0 Å². The minimum absolute atomic E-state index is 0.290. The number of carbonyl (C=O) groups is 1. The zero-order valence-corrected chi connectivity index (χ0v) is 11.9. The van der Waals surface area contributed by atoms with Crippen LogP contribution in [-0.4, -0.2) is 21.3 Å². The van der Waals surface area contributed by atoms with E-state index < -0.39 is 0 Å². The third-order valence-corrected chi connectivity index (χ3v) is 3.34. The van der Waals surface area contributed by atoms with Crippen LogP contribution in [0.1, 0.15) is 18.7 Å². The number of rotatable bonds is 6. The number of aryl methyl sites for hydroxylation is 2. The van der Waals surface area contributed by atoms with Gasteiger partial charge in [-0.25, -0.2) is 4.98 Å². The number of carbonyl (C=O) groups excluding carboxylic acids is 1. The molecule has 0 bridgehead atoms. The Hall–Kier alpha value is -1.26. The van der Waals surface area contributed by atoms with Crippen molar-refractivity contribution in [2.75, 3.05) is 5.88 Å². The molecule has 1 aromatic carbocycles. The van der Waals surface area contributed by atoms with Gasteiger partial charge in [0.05, 0.1) is 11.0 Å². The molecule has 2 rings (SSSR count). The Kier molecular flexibility index (Phi) is 4.66. The van der Waals surface area contributed by atoms with E-state index in [9.17, 15) is 4.79 Å². The smallest absolute Gasteiger partial charge is 0.217 e. The predicted molar refractivity (Wildman–Crippen MR) is 77.6 cm³/mol. The molecule has 2 N–H and O–H groups in total. The summed E-state index contributed by atoms with van der Waals surface area (Å²) in [4.78, 5) is 15.4. The normalized spacial score (nSPS) is 11.1. The zero-order valence-electron chi connectivity index (χ0n) is 10.4. The van der Waals surface area contributed by atoms with Crippen LogP contribution in [0.25, 0.3) is 11.0 Å². The number of benzene rings is 1. The topological polar surface area (TPSA) is 60.9 Å². The molecule has 19 heavy (non-hydrogen) atoms. The van der Waals surface area contributed by atoms with E-state index in [-0.39, 0.29) is 5.91 Å². The molecule has 2 aromatic rings. The second-order valence-electron chi connectivity index (χ2n) is 4.32. The quantitative estimate of drug-likeness (QED) is 0.834. The van der Waals surface area contributed by atoms with Gasteiger partial charge in [-0.2, -0.15) is 0 Å². The summed E-state index contributed by atoms with van der Waals surface area (Å²) in [5, 5.41) is 0.668. The minimum Gasteiger partial charge on any atom is -0.370 e. The van der Waals surface area contributed by atoms with Crippen molar-refractivity contribution in [3.05, 3.63) is 29.0 Å². The second-order valence-corrected chi connectivity index (χ2v) is 5.14. The minimum atomic E-state index is -0.290. The van der Waals surface area contributed by atoms with Crippen LogP contribution in [0.4, 0.5) is 0 Å². The lowest BCUT2D eigenvalue weighted by Gasteiger charge is -2.07. The summed E-state index contributed by atoms with van der Waals surface area (Å²) in [7, 11) is 0. The molecule has 0 aliphatic carbocycles. The van der Waals surface area contributed by atoms with E-state index in [1.54, 1.807) is 0 Å². The number of nitrogens with two attached hydrogens (primary N) is 1. The Balaban J connectivity index is 2.33. The maximum atomic E-state index is 10.8. The van der Waals surface area contributed by atoms with Crippen molar-refractivity contribution in [2.45, 2.75) is 25.8 Å². The molecule has 0 saturated carbocycles. The molecule has 0 fully saturated rings. The van der Waals surface area contributed by atoms with E-state index in [2.05, 4.69) is 9.55 Å². The fourth-order valence-corrected chi connectivity index (χ4v) is 2.42. The summed E-state index contributed by atoms with van der Waals surface area (Å²) in [6.45, 7) is 0.687. The van der Waals surface area contributed by atoms with Gasteiger partial charge in [0.1, 0.15) is 5.82 Å². The number of imidazole rings is 1. The van der Waals surface area contributed by atoms with Crippen molar-refractivity contribution in [1.29, 1.82) is 0 Å². The van der Waals surface area contributed by atoms with Crippen molar-refractivity contribution in [3.8, 4) is 0 Å². The fraction of sp³-hybridized carbons (Fsp3) is 0.385. The molecule has 6 heteroatoms. The van der Waals surface area contributed by atoms with Gasteiger partial charge in [-0.1, -0.05) is 11.6 Å². The van der Waals surface area contributed by atoms with Crippen molar-refractivity contribution in [3.63, 3.8) is 0 Å². The van der Waals surface area contributed by atoms with Crippen molar-refractivity contribution >= 4 is 40.1 Å². The Bertz CT molecular complexity index is 595. The zero-order chi connectivity index (χ0) is 13.8. The lowest BCUT2D eigenvalue weighted by molar-refractivity contribution is -0.118. The van der Waals surface area contributed by atoms with E-state index in [1.165, 1.54) is 0 Å². The lowest BCUT2D eigenvalue weighted by atomic mass is 10.2. The van der Waals surface area contributed by atoms with Gasteiger partial charge in [-0.3, -0.25) is 4.79 Å². The van der Waals surface area contributed by atoms with Crippen molar-refractivity contribution in [1.82, 2.24) is 9.55 Å². The van der Waals surface area contributed by atoms with Crippen LogP contribution in [-0.2, 0) is 17.8 Å². The van der Waals surface area contributed by atoms with Crippen LogP contribution in [0, 0.1) is 0 Å². The average molecular weight is 300 g/mol. The number of hydrogen-bond acceptors (Lipinski definition) is 2. The molecular formula is C13H15Cl2N3O. The van der Waals surface area contributed by atoms with Gasteiger partial charge in [0, 0.05) is 30.3 Å². The Morgan fingerprint density at radius 3 is 2.89 bits per heavy atom. The van der Waals surface area contributed by atoms with Gasteiger partial charge in [-0.05, 0) is 24.6 Å². The van der Waals surface area contributed by atoms with Crippen LogP contribution < -0.4 is 5.73 Å². The molecule has 1 amide bonds. The van der Waals surface area contributed by atoms with Crippen LogP contribution >= 0.6 is 23.2 Å². The molecule has 1 aromatic heterocycles. The highest BCUT2D eigenvalue weighted by atomic mass is 35.5. The number of hydrogen-bond donors (Lipinski definition) is 1. The number of halogens is 2. The van der Waals surface area contributed by atoms with Gasteiger partial charge >= 0.3 is 0 Å². The molecule has 0 spiro atoms. The number of nitrogens with zero attached hydrogens (tertiary/aromatic N) is 2. The standard InChI is InChI=1S/C13H15Cl2N3O/c14-6-5-13-17-10-4-3-9(15)8-11(10)18(13)7-1-2-12(16)19/h3-4,8H,1-2,5-7H2,(H2,16,19). The maximum absolute atomic E-state index is 10.8. The molecule has 1 heterocycles. The highest BCUT2D eigenvalue weighted by Crippen LogP contribution is 2.21. The summed E-state index contributed by atoms with van der Waals surface area (Å²) in [6, 6.07) is 5.58. The maximum Gasteiger partial charge on any atom is 0.217 e. The third kappa shape index (κ3) is 3.39. The third-order valence-electron chi connectivity index (χ3n) is 2.91. The predicted octanol–water partition coefficient (Wildman–Crippen LogP) is 2.74. The summed E-state index contributed by atoms with van der Waals surface area (Å²) < 4.78 is 2.06. The van der Waals surface area contributed by atoms with Gasteiger partial charge in [0.2, 0.25) is 5.91 Å². The summed E-state index contributed by atoms with van der Waals surface area (Å²) in [5.74, 6) is 1.13. The molecule has 0 aliphatic heterocycles. The average Bonchev–Trinajstić information content (AvgIpc) is 2.67. The van der Waals surface area contributed by atoms with Crippen LogP contribution in [0.15, 0.2) is 18.2 Å². The fourth-order valence-electron chi connectivity index (χ4n) is 2.08. The number of amides is 1.